The van der Waals surface area contributed by atoms with Crippen molar-refractivity contribution in [2.75, 3.05) is 12.0 Å². The molecule has 0 saturated heterocycles. The smallest absolute Gasteiger partial charge is 0.328 e. The van der Waals surface area contributed by atoms with Gasteiger partial charge in [-0.2, -0.15) is 11.8 Å². The number of rotatable bonds is 12. The number of thioether (sulfide) groups is 1. The second kappa shape index (κ2) is 13.1. The summed E-state index contributed by atoms with van der Waals surface area (Å²) in [5.74, 6) is -0.229. The predicted molar refractivity (Wildman–Crippen MR) is 137 cm³/mol. The van der Waals surface area contributed by atoms with Crippen LogP contribution in [0.25, 0.3) is 0 Å². The molecule has 186 valence electrons. The first-order valence-electron chi connectivity index (χ1n) is 11.7. The Kier molecular flexibility index (Phi) is 9.90. The molecule has 2 aromatic carbocycles. The number of aromatic nitrogens is 2. The first-order chi connectivity index (χ1) is 16.9. The van der Waals surface area contributed by atoms with E-state index >= 15 is 0 Å². The van der Waals surface area contributed by atoms with E-state index in [1.807, 2.05) is 35.2 Å². The molecule has 0 spiro atoms. The lowest BCUT2D eigenvalue weighted by Gasteiger charge is -2.20. The molecule has 35 heavy (non-hydrogen) atoms. The molecule has 0 radical (unpaired) electrons. The number of halogens is 1. The molecule has 0 bridgehead atoms. The second-order valence-electron chi connectivity index (χ2n) is 8.71. The first-order valence-corrected chi connectivity index (χ1v) is 13.1. The molecule has 6 nitrogen and oxygen atoms in total. The quantitative estimate of drug-likeness (QED) is 0.362. The van der Waals surface area contributed by atoms with Gasteiger partial charge < -0.3 is 14.6 Å². The van der Waals surface area contributed by atoms with Gasteiger partial charge in [0, 0.05) is 30.4 Å². The largest absolute Gasteiger partial charge is 0.461 e. The molecule has 0 unspecified atom stereocenters. The third-order valence-electron chi connectivity index (χ3n) is 5.56. The Morgan fingerprint density at radius 1 is 1.17 bits per heavy atom. The molecule has 0 aliphatic rings. The Morgan fingerprint density at radius 3 is 2.60 bits per heavy atom. The highest BCUT2D eigenvalue weighted by molar-refractivity contribution is 7.98. The van der Waals surface area contributed by atoms with E-state index in [0.717, 1.165) is 16.9 Å². The average Bonchev–Trinajstić information content (AvgIpc) is 3.34. The van der Waals surface area contributed by atoms with Crippen LogP contribution in [0.15, 0.2) is 67.3 Å². The molecule has 0 fully saturated rings. The molecule has 2 atom stereocenters. The van der Waals surface area contributed by atoms with Crippen molar-refractivity contribution in [3.8, 4) is 0 Å². The fraction of sp³-hybridized carbons (Fsp3) is 0.370. The van der Waals surface area contributed by atoms with Gasteiger partial charge in [-0.3, -0.25) is 4.79 Å². The fourth-order valence-corrected chi connectivity index (χ4v) is 4.31. The zero-order valence-corrected chi connectivity index (χ0v) is 21.1. The van der Waals surface area contributed by atoms with Crippen LogP contribution in [-0.4, -0.2) is 45.6 Å². The maximum atomic E-state index is 13.5. The van der Waals surface area contributed by atoms with Crippen molar-refractivity contribution in [2.24, 2.45) is 0 Å². The number of esters is 1. The second-order valence-corrected chi connectivity index (χ2v) is 9.69. The number of nitrogens with one attached hydrogen (secondary N) is 1. The summed E-state index contributed by atoms with van der Waals surface area (Å²) >= 11 is 1.61. The minimum absolute atomic E-state index is 0.0541. The average molecular weight is 498 g/mol. The number of hydrogen-bond acceptors (Lipinski definition) is 5. The van der Waals surface area contributed by atoms with Gasteiger partial charge in [-0.1, -0.05) is 24.3 Å². The lowest BCUT2D eigenvalue weighted by Crippen LogP contribution is -2.43. The minimum Gasteiger partial charge on any atom is -0.461 e. The Labute approximate surface area is 210 Å². The van der Waals surface area contributed by atoms with Crippen LogP contribution in [0.3, 0.4) is 0 Å². The molecule has 0 aliphatic heterocycles. The number of hydrogen-bond donors (Lipinski definition) is 1. The Balaban J connectivity index is 1.76. The van der Waals surface area contributed by atoms with Crippen LogP contribution in [0.2, 0.25) is 0 Å². The van der Waals surface area contributed by atoms with Crippen molar-refractivity contribution >= 4 is 23.6 Å². The van der Waals surface area contributed by atoms with Crippen molar-refractivity contribution in [3.63, 3.8) is 0 Å². The zero-order chi connectivity index (χ0) is 25.2. The van der Waals surface area contributed by atoms with Gasteiger partial charge in [0.2, 0.25) is 0 Å². The fourth-order valence-electron chi connectivity index (χ4n) is 3.84. The topological polar surface area (TPSA) is 73.2 Å². The van der Waals surface area contributed by atoms with Gasteiger partial charge in [-0.25, -0.2) is 14.2 Å². The van der Waals surface area contributed by atoms with E-state index in [4.69, 9.17) is 4.74 Å². The molecule has 1 N–H and O–H groups in total. The van der Waals surface area contributed by atoms with Crippen LogP contribution in [0.4, 0.5) is 4.39 Å². The third kappa shape index (κ3) is 8.24. The highest BCUT2D eigenvalue weighted by Gasteiger charge is 2.24. The number of benzene rings is 2. The number of imidazole rings is 1. The van der Waals surface area contributed by atoms with Crippen molar-refractivity contribution in [2.45, 2.75) is 51.3 Å². The molecule has 0 aliphatic carbocycles. The van der Waals surface area contributed by atoms with Gasteiger partial charge in [0.25, 0.3) is 5.91 Å². The van der Waals surface area contributed by atoms with E-state index in [-0.39, 0.29) is 23.7 Å². The number of carbonyl (C=O) groups is 2. The van der Waals surface area contributed by atoms with Gasteiger partial charge in [0.15, 0.2) is 0 Å². The first kappa shape index (κ1) is 26.5. The maximum absolute atomic E-state index is 13.5. The van der Waals surface area contributed by atoms with Crippen LogP contribution >= 0.6 is 11.8 Å². The van der Waals surface area contributed by atoms with Crippen molar-refractivity contribution in [1.82, 2.24) is 14.9 Å². The minimum atomic E-state index is -0.700. The molecule has 3 aromatic rings. The van der Waals surface area contributed by atoms with Crippen LogP contribution in [-0.2, 0) is 22.5 Å². The molecule has 1 amide bonds. The molecular formula is C27H32FN3O3S. The zero-order valence-electron chi connectivity index (χ0n) is 20.3. The Morgan fingerprint density at radius 2 is 1.94 bits per heavy atom. The van der Waals surface area contributed by atoms with E-state index in [9.17, 15) is 14.0 Å². The summed E-state index contributed by atoms with van der Waals surface area (Å²) < 4.78 is 20.8. The van der Waals surface area contributed by atoms with Crippen molar-refractivity contribution < 1.29 is 18.7 Å². The van der Waals surface area contributed by atoms with Crippen LogP contribution in [0, 0.1) is 5.82 Å². The lowest BCUT2D eigenvalue weighted by molar-refractivity contribution is -0.149. The summed E-state index contributed by atoms with van der Waals surface area (Å²) in [7, 11) is 0. The summed E-state index contributed by atoms with van der Waals surface area (Å²) in [4.78, 5) is 29.6. The van der Waals surface area contributed by atoms with E-state index < -0.39 is 12.0 Å². The highest BCUT2D eigenvalue weighted by Crippen LogP contribution is 2.24. The number of carbonyl (C=O) groups excluding carboxylic acids is 2. The number of ether oxygens (including phenoxy) is 1. The standard InChI is InChI=1S/C27H32FN3O3S/c1-19(2)34-27(33)25(11-14-35-3)30-26(32)22-6-4-5-20(15-22)16-23(17-31-13-12-29-18-31)21-7-9-24(28)10-8-21/h4-10,12-13,15,18-19,23,25H,11,14,16-17H2,1-3H3,(H,30,32)/t23-,25+/m1/s1. The van der Waals surface area contributed by atoms with Crippen molar-refractivity contribution in [3.05, 3.63) is 89.8 Å². The van der Waals surface area contributed by atoms with E-state index in [1.54, 1.807) is 56.3 Å². The van der Waals surface area contributed by atoms with E-state index in [0.29, 0.717) is 24.9 Å². The SMILES string of the molecule is CSCC[C@H](NC(=O)c1cccc(C[C@H](Cn2ccnc2)c2ccc(F)cc2)c1)C(=O)OC(C)C. The lowest BCUT2D eigenvalue weighted by atomic mass is 9.91. The molecule has 1 heterocycles. The maximum Gasteiger partial charge on any atom is 0.328 e. The van der Waals surface area contributed by atoms with Gasteiger partial charge in [-0.15, -0.1) is 0 Å². The van der Waals surface area contributed by atoms with E-state index in [1.165, 1.54) is 12.1 Å². The molecule has 0 saturated carbocycles. The summed E-state index contributed by atoms with van der Waals surface area (Å²) in [6.07, 6.45) is 8.23. The number of amides is 1. The summed E-state index contributed by atoms with van der Waals surface area (Å²) in [6.45, 7) is 4.24. The van der Waals surface area contributed by atoms with Gasteiger partial charge >= 0.3 is 5.97 Å². The predicted octanol–water partition coefficient (Wildman–Crippen LogP) is 4.85. The van der Waals surface area contributed by atoms with Crippen LogP contribution in [0.1, 0.15) is 47.7 Å². The summed E-state index contributed by atoms with van der Waals surface area (Å²) in [6, 6.07) is 13.2. The third-order valence-corrected chi connectivity index (χ3v) is 6.20. The van der Waals surface area contributed by atoms with Gasteiger partial charge in [0.05, 0.1) is 12.4 Å². The molecular weight excluding hydrogens is 465 g/mol. The van der Waals surface area contributed by atoms with Crippen LogP contribution < -0.4 is 5.32 Å². The monoisotopic (exact) mass is 497 g/mol. The Bertz CT molecular complexity index is 1090. The molecule has 8 heteroatoms. The normalized spacial score (nSPS) is 12.8. The molecule has 1 aromatic heterocycles. The summed E-state index contributed by atoms with van der Waals surface area (Å²) in [5.41, 5.74) is 2.45. The number of nitrogens with zero attached hydrogens (tertiary/aromatic N) is 2. The van der Waals surface area contributed by atoms with Crippen molar-refractivity contribution in [1.29, 1.82) is 0 Å². The van der Waals surface area contributed by atoms with Crippen LogP contribution in [0.5, 0.6) is 0 Å². The van der Waals surface area contributed by atoms with Gasteiger partial charge in [0.1, 0.15) is 11.9 Å². The molecule has 3 rings (SSSR count). The Hall–Kier alpha value is -3.13. The summed E-state index contributed by atoms with van der Waals surface area (Å²) in [5, 5.41) is 2.85. The highest BCUT2D eigenvalue weighted by atomic mass is 32.2. The van der Waals surface area contributed by atoms with Gasteiger partial charge in [-0.05, 0) is 74.1 Å². The van der Waals surface area contributed by atoms with E-state index in [2.05, 4.69) is 10.3 Å².